The molecule has 0 saturated heterocycles. The summed E-state index contributed by atoms with van der Waals surface area (Å²) >= 11 is 0. The molecule has 0 N–H and O–H groups in total. The molecule has 0 aliphatic heterocycles. The van der Waals surface area contributed by atoms with Crippen LogP contribution in [0, 0.1) is 22.0 Å². The van der Waals surface area contributed by atoms with Crippen molar-refractivity contribution in [3.8, 4) is 0 Å². The first kappa shape index (κ1) is 11.2. The Balaban J connectivity index is 2.26. The highest BCUT2D eigenvalue weighted by atomic mass is 16.6. The summed E-state index contributed by atoms with van der Waals surface area (Å²) in [5.74, 6) is 0.755. The van der Waals surface area contributed by atoms with Crippen LogP contribution in [-0.2, 0) is 0 Å². The van der Waals surface area contributed by atoms with Crippen LogP contribution in [0.15, 0.2) is 12.2 Å². The van der Waals surface area contributed by atoms with E-state index in [0.717, 1.165) is 0 Å². The van der Waals surface area contributed by atoms with Crippen LogP contribution in [0.25, 0.3) is 0 Å². The number of nitro groups is 1. The number of allylic oxidation sites excluding steroid dienone is 1. The minimum Gasteiger partial charge on any atom is -0.265 e. The van der Waals surface area contributed by atoms with Gasteiger partial charge in [0.15, 0.2) is 0 Å². The molecule has 0 bridgehead atoms. The third kappa shape index (κ3) is 4.40. The molecule has 14 heavy (non-hydrogen) atoms. The Kier molecular flexibility index (Phi) is 4.63. The summed E-state index contributed by atoms with van der Waals surface area (Å²) in [7, 11) is 0. The lowest BCUT2D eigenvalue weighted by atomic mass is 9.88. The number of hydrogen-bond acceptors (Lipinski definition) is 2. The van der Waals surface area contributed by atoms with Crippen LogP contribution in [0.1, 0.15) is 39.0 Å². The molecule has 80 valence electrons. The molecular formula is C11H19NO2. The van der Waals surface area contributed by atoms with Crippen molar-refractivity contribution in [2.24, 2.45) is 11.8 Å². The van der Waals surface area contributed by atoms with Crippen molar-refractivity contribution in [2.75, 3.05) is 6.54 Å². The van der Waals surface area contributed by atoms with Crippen LogP contribution >= 0.6 is 0 Å². The van der Waals surface area contributed by atoms with E-state index in [2.05, 4.69) is 6.08 Å². The molecule has 1 rings (SSSR count). The summed E-state index contributed by atoms with van der Waals surface area (Å²) in [6.45, 7) is 1.96. The number of hydrogen-bond donors (Lipinski definition) is 0. The number of rotatable bonds is 4. The lowest BCUT2D eigenvalue weighted by Gasteiger charge is -2.18. The summed E-state index contributed by atoms with van der Waals surface area (Å²) in [5, 5.41) is 10.2. The Labute approximate surface area is 85.3 Å². The van der Waals surface area contributed by atoms with Crippen LogP contribution in [0.5, 0.6) is 0 Å². The average molecular weight is 197 g/mol. The van der Waals surface area contributed by atoms with Crippen molar-refractivity contribution in [1.29, 1.82) is 0 Å². The summed E-state index contributed by atoms with van der Waals surface area (Å²) in [5.41, 5.74) is 0. The molecule has 0 spiro atoms. The normalized spacial score (nSPS) is 21.2. The largest absolute Gasteiger partial charge is 0.265 e. The van der Waals surface area contributed by atoms with Crippen LogP contribution < -0.4 is 0 Å². The molecule has 0 aromatic rings. The predicted molar refractivity (Wildman–Crippen MR) is 56.7 cm³/mol. The molecule has 0 radical (unpaired) electrons. The van der Waals surface area contributed by atoms with E-state index in [9.17, 15) is 10.1 Å². The lowest BCUT2D eigenvalue weighted by molar-refractivity contribution is -0.485. The summed E-state index contributed by atoms with van der Waals surface area (Å²) in [6, 6.07) is 0. The van der Waals surface area contributed by atoms with Gasteiger partial charge in [-0.25, -0.2) is 0 Å². The van der Waals surface area contributed by atoms with Gasteiger partial charge in [-0.05, 0) is 18.8 Å². The fraction of sp³-hybridized carbons (Fsp3) is 0.818. The van der Waals surface area contributed by atoms with Crippen molar-refractivity contribution >= 4 is 0 Å². The van der Waals surface area contributed by atoms with Gasteiger partial charge in [0.25, 0.3) is 0 Å². The fourth-order valence-corrected chi connectivity index (χ4v) is 1.97. The maximum Gasteiger partial charge on any atom is 0.209 e. The van der Waals surface area contributed by atoms with E-state index in [4.69, 9.17) is 0 Å². The minimum absolute atomic E-state index is 0.0587. The third-order valence-corrected chi connectivity index (χ3v) is 2.80. The summed E-state index contributed by atoms with van der Waals surface area (Å²) in [6.07, 6.45) is 10.7. The third-order valence-electron chi connectivity index (χ3n) is 2.80. The summed E-state index contributed by atoms with van der Waals surface area (Å²) < 4.78 is 0. The molecule has 0 amide bonds. The molecule has 1 aliphatic carbocycles. The standard InChI is InChI=1S/C11H19NO2/c1-10(9-12(13)14)7-8-11-5-3-2-4-6-11/h7-8,10-11H,2-6,9H2,1H3/b8-7+/t10-/m1/s1. The van der Waals surface area contributed by atoms with Crippen molar-refractivity contribution in [3.63, 3.8) is 0 Å². The highest BCUT2D eigenvalue weighted by molar-refractivity contribution is 4.92. The van der Waals surface area contributed by atoms with E-state index in [1.54, 1.807) is 0 Å². The Bertz CT molecular complexity index is 207. The molecule has 3 nitrogen and oxygen atoms in total. The smallest absolute Gasteiger partial charge is 0.209 e. The predicted octanol–water partition coefficient (Wildman–Crippen LogP) is 3.04. The van der Waals surface area contributed by atoms with Crippen LogP contribution in [-0.4, -0.2) is 11.5 Å². The fourth-order valence-electron chi connectivity index (χ4n) is 1.97. The van der Waals surface area contributed by atoms with Gasteiger partial charge in [-0.2, -0.15) is 0 Å². The Morgan fingerprint density at radius 3 is 2.64 bits per heavy atom. The molecule has 0 unspecified atom stereocenters. The Morgan fingerprint density at radius 2 is 2.07 bits per heavy atom. The van der Waals surface area contributed by atoms with E-state index in [0.29, 0.717) is 5.92 Å². The average Bonchev–Trinajstić information content (AvgIpc) is 2.15. The van der Waals surface area contributed by atoms with Crippen LogP contribution in [0.3, 0.4) is 0 Å². The zero-order chi connectivity index (χ0) is 10.4. The van der Waals surface area contributed by atoms with Gasteiger partial charge in [0.05, 0.1) is 0 Å². The molecule has 0 aromatic heterocycles. The minimum atomic E-state index is -0.240. The van der Waals surface area contributed by atoms with Crippen molar-refractivity contribution in [1.82, 2.24) is 0 Å². The molecule has 3 heteroatoms. The highest BCUT2D eigenvalue weighted by Crippen LogP contribution is 2.24. The SMILES string of the molecule is C[C@H](/C=C/C1CCCCC1)C[N+](=O)[O-]. The molecule has 0 heterocycles. The topological polar surface area (TPSA) is 43.1 Å². The van der Waals surface area contributed by atoms with Gasteiger partial charge in [0, 0.05) is 10.8 Å². The molecule has 1 atom stereocenters. The van der Waals surface area contributed by atoms with Crippen LogP contribution in [0.2, 0.25) is 0 Å². The zero-order valence-corrected chi connectivity index (χ0v) is 8.82. The van der Waals surface area contributed by atoms with E-state index in [-0.39, 0.29) is 17.4 Å². The second kappa shape index (κ2) is 5.78. The maximum atomic E-state index is 10.2. The van der Waals surface area contributed by atoms with Crippen LogP contribution in [0.4, 0.5) is 0 Å². The van der Waals surface area contributed by atoms with E-state index < -0.39 is 0 Å². The first-order chi connectivity index (χ1) is 6.68. The molecule has 1 aliphatic rings. The Morgan fingerprint density at radius 1 is 1.43 bits per heavy atom. The van der Waals surface area contributed by atoms with Gasteiger partial charge < -0.3 is 0 Å². The molecular weight excluding hydrogens is 178 g/mol. The zero-order valence-electron chi connectivity index (χ0n) is 8.82. The van der Waals surface area contributed by atoms with Crippen molar-refractivity contribution in [2.45, 2.75) is 39.0 Å². The van der Waals surface area contributed by atoms with Gasteiger partial charge in [-0.3, -0.25) is 10.1 Å². The first-order valence-electron chi connectivity index (χ1n) is 5.48. The van der Waals surface area contributed by atoms with Gasteiger partial charge in [0.1, 0.15) is 0 Å². The van der Waals surface area contributed by atoms with E-state index in [1.807, 2.05) is 13.0 Å². The first-order valence-corrected chi connectivity index (χ1v) is 5.48. The summed E-state index contributed by atoms with van der Waals surface area (Å²) in [4.78, 5) is 9.99. The molecule has 1 saturated carbocycles. The second-order valence-electron chi connectivity index (χ2n) is 4.28. The lowest BCUT2D eigenvalue weighted by Crippen LogP contribution is -2.09. The van der Waals surface area contributed by atoms with Gasteiger partial charge in [-0.1, -0.05) is 38.3 Å². The van der Waals surface area contributed by atoms with Crippen molar-refractivity contribution < 1.29 is 4.92 Å². The van der Waals surface area contributed by atoms with E-state index >= 15 is 0 Å². The Hall–Kier alpha value is -0.860. The van der Waals surface area contributed by atoms with E-state index in [1.165, 1.54) is 32.1 Å². The maximum absolute atomic E-state index is 10.2. The monoisotopic (exact) mass is 197 g/mol. The van der Waals surface area contributed by atoms with Crippen molar-refractivity contribution in [3.05, 3.63) is 22.3 Å². The van der Waals surface area contributed by atoms with Gasteiger partial charge >= 0.3 is 0 Å². The highest BCUT2D eigenvalue weighted by Gasteiger charge is 2.11. The van der Waals surface area contributed by atoms with Gasteiger partial charge in [0.2, 0.25) is 6.54 Å². The number of nitrogens with zero attached hydrogens (tertiary/aromatic N) is 1. The molecule has 0 aromatic carbocycles. The molecule has 1 fully saturated rings. The van der Waals surface area contributed by atoms with Gasteiger partial charge in [-0.15, -0.1) is 0 Å². The second-order valence-corrected chi connectivity index (χ2v) is 4.28. The quantitative estimate of drug-likeness (QED) is 0.395.